The molecule has 1 aromatic heterocycles. The van der Waals surface area contributed by atoms with Crippen molar-refractivity contribution in [2.24, 2.45) is 0 Å². The Labute approximate surface area is 73.8 Å². The lowest BCUT2D eigenvalue weighted by Crippen LogP contribution is -2.00. The lowest BCUT2D eigenvalue weighted by molar-refractivity contribution is 0.724. The lowest BCUT2D eigenvalue weighted by atomic mass is 9.96. The highest BCUT2D eigenvalue weighted by Crippen LogP contribution is 2.24. The van der Waals surface area contributed by atoms with E-state index in [1.54, 1.807) is 6.20 Å². The summed E-state index contributed by atoms with van der Waals surface area (Å²) in [5.41, 5.74) is 9.00. The first-order valence-electron chi connectivity index (χ1n) is 4.36. The molecule has 2 nitrogen and oxygen atoms in total. The van der Waals surface area contributed by atoms with Crippen LogP contribution in [-0.2, 0) is 0 Å². The lowest BCUT2D eigenvalue weighted by Gasteiger charge is -2.12. The molecule has 1 aromatic rings. The summed E-state index contributed by atoms with van der Waals surface area (Å²) in [6, 6.07) is 0. The molecule has 0 amide bonds. The van der Waals surface area contributed by atoms with E-state index in [-0.39, 0.29) is 0 Å². The van der Waals surface area contributed by atoms with E-state index in [9.17, 15) is 0 Å². The summed E-state index contributed by atoms with van der Waals surface area (Å²) >= 11 is 0. The minimum absolute atomic E-state index is 0.556. The highest BCUT2D eigenvalue weighted by molar-refractivity contribution is 5.48. The van der Waals surface area contributed by atoms with Crippen LogP contribution in [0.4, 0.5) is 5.69 Å². The Morgan fingerprint density at radius 3 is 2.75 bits per heavy atom. The first kappa shape index (κ1) is 9.04. The molecule has 0 aliphatic carbocycles. The molecule has 1 atom stereocenters. The molecular formula is C10H16N2. The molecule has 0 radical (unpaired) electrons. The van der Waals surface area contributed by atoms with Gasteiger partial charge in [-0.3, -0.25) is 4.98 Å². The molecule has 2 heteroatoms. The van der Waals surface area contributed by atoms with Crippen LogP contribution in [0.3, 0.4) is 0 Å². The molecule has 0 bridgehead atoms. The van der Waals surface area contributed by atoms with Crippen molar-refractivity contribution >= 4 is 5.69 Å². The average molecular weight is 164 g/mol. The second-order valence-corrected chi connectivity index (χ2v) is 3.25. The van der Waals surface area contributed by atoms with Crippen molar-refractivity contribution in [1.82, 2.24) is 4.98 Å². The number of hydrogen-bond donors (Lipinski definition) is 1. The van der Waals surface area contributed by atoms with Crippen LogP contribution in [0.15, 0.2) is 12.4 Å². The number of nitrogen functional groups attached to an aromatic ring is 1. The topological polar surface area (TPSA) is 38.9 Å². The van der Waals surface area contributed by atoms with E-state index in [0.717, 1.165) is 12.1 Å². The number of nitrogens with two attached hydrogens (primary N) is 1. The fourth-order valence-electron chi connectivity index (χ4n) is 1.27. The van der Waals surface area contributed by atoms with Gasteiger partial charge in [-0.25, -0.2) is 0 Å². The van der Waals surface area contributed by atoms with Gasteiger partial charge in [0.25, 0.3) is 0 Å². The summed E-state index contributed by atoms with van der Waals surface area (Å²) < 4.78 is 0. The Morgan fingerprint density at radius 1 is 1.50 bits per heavy atom. The maximum Gasteiger partial charge on any atom is 0.0533 e. The van der Waals surface area contributed by atoms with E-state index < -0.39 is 0 Å². The van der Waals surface area contributed by atoms with Gasteiger partial charge in [0.1, 0.15) is 0 Å². The second kappa shape index (κ2) is 3.57. The largest absolute Gasteiger partial charge is 0.397 e. The third kappa shape index (κ3) is 1.58. The molecule has 0 saturated carbocycles. The molecule has 2 N–H and O–H groups in total. The molecule has 12 heavy (non-hydrogen) atoms. The Hall–Kier alpha value is -1.05. The van der Waals surface area contributed by atoms with Crippen LogP contribution in [0.5, 0.6) is 0 Å². The predicted molar refractivity (Wildman–Crippen MR) is 52.1 cm³/mol. The van der Waals surface area contributed by atoms with Crippen LogP contribution in [0, 0.1) is 6.92 Å². The van der Waals surface area contributed by atoms with Gasteiger partial charge >= 0.3 is 0 Å². The van der Waals surface area contributed by atoms with Crippen molar-refractivity contribution < 1.29 is 0 Å². The minimum atomic E-state index is 0.556. The van der Waals surface area contributed by atoms with Crippen LogP contribution in [-0.4, -0.2) is 4.98 Å². The first-order valence-corrected chi connectivity index (χ1v) is 4.36. The number of pyridine rings is 1. The summed E-state index contributed by atoms with van der Waals surface area (Å²) in [7, 11) is 0. The van der Waals surface area contributed by atoms with Crippen molar-refractivity contribution in [3.8, 4) is 0 Å². The SMILES string of the molecule is CCC(C)c1cncc(N)c1C. The Morgan fingerprint density at radius 2 is 2.17 bits per heavy atom. The molecular weight excluding hydrogens is 148 g/mol. The van der Waals surface area contributed by atoms with E-state index >= 15 is 0 Å². The zero-order valence-electron chi connectivity index (χ0n) is 7.96. The zero-order valence-corrected chi connectivity index (χ0v) is 7.96. The molecule has 0 aromatic carbocycles. The van der Waals surface area contributed by atoms with Crippen molar-refractivity contribution in [3.63, 3.8) is 0 Å². The van der Waals surface area contributed by atoms with E-state index in [2.05, 4.69) is 25.8 Å². The summed E-state index contributed by atoms with van der Waals surface area (Å²) in [6.07, 6.45) is 4.76. The maximum absolute atomic E-state index is 5.75. The smallest absolute Gasteiger partial charge is 0.0533 e. The van der Waals surface area contributed by atoms with Crippen LogP contribution in [0.2, 0.25) is 0 Å². The number of anilines is 1. The summed E-state index contributed by atoms with van der Waals surface area (Å²) in [4.78, 5) is 4.09. The van der Waals surface area contributed by atoms with E-state index in [0.29, 0.717) is 5.92 Å². The molecule has 0 saturated heterocycles. The highest BCUT2D eigenvalue weighted by Gasteiger charge is 2.07. The Bertz CT molecular complexity index is 269. The van der Waals surface area contributed by atoms with Crippen LogP contribution in [0.25, 0.3) is 0 Å². The van der Waals surface area contributed by atoms with Gasteiger partial charge < -0.3 is 5.73 Å². The van der Waals surface area contributed by atoms with Gasteiger partial charge in [0.15, 0.2) is 0 Å². The molecule has 1 unspecified atom stereocenters. The number of aromatic nitrogens is 1. The summed E-state index contributed by atoms with van der Waals surface area (Å²) in [6.45, 7) is 6.43. The fraction of sp³-hybridized carbons (Fsp3) is 0.500. The van der Waals surface area contributed by atoms with Crippen LogP contribution in [0.1, 0.15) is 37.3 Å². The van der Waals surface area contributed by atoms with Crippen molar-refractivity contribution in [3.05, 3.63) is 23.5 Å². The quantitative estimate of drug-likeness (QED) is 0.729. The molecule has 1 heterocycles. The summed E-state index contributed by atoms with van der Waals surface area (Å²) in [5, 5.41) is 0. The van der Waals surface area contributed by atoms with Gasteiger partial charge in [-0.15, -0.1) is 0 Å². The first-order chi connectivity index (χ1) is 5.66. The molecule has 1 rings (SSSR count). The number of nitrogens with zero attached hydrogens (tertiary/aromatic N) is 1. The third-order valence-corrected chi connectivity index (χ3v) is 2.44. The summed E-state index contributed by atoms with van der Waals surface area (Å²) in [5.74, 6) is 0.556. The minimum Gasteiger partial charge on any atom is -0.397 e. The van der Waals surface area contributed by atoms with E-state index in [1.165, 1.54) is 11.1 Å². The molecule has 0 spiro atoms. The standard InChI is InChI=1S/C10H16N2/c1-4-7(2)9-5-12-6-10(11)8(9)3/h5-7H,4,11H2,1-3H3. The number of rotatable bonds is 2. The second-order valence-electron chi connectivity index (χ2n) is 3.25. The van der Waals surface area contributed by atoms with Crippen molar-refractivity contribution in [2.75, 3.05) is 5.73 Å². The van der Waals surface area contributed by atoms with Crippen molar-refractivity contribution in [1.29, 1.82) is 0 Å². The van der Waals surface area contributed by atoms with E-state index in [1.807, 2.05) is 6.20 Å². The van der Waals surface area contributed by atoms with E-state index in [4.69, 9.17) is 5.73 Å². The molecule has 66 valence electrons. The maximum atomic E-state index is 5.75. The average Bonchev–Trinajstić information content (AvgIpc) is 2.08. The van der Waals surface area contributed by atoms with Gasteiger partial charge in [-0.05, 0) is 30.4 Å². The van der Waals surface area contributed by atoms with Gasteiger partial charge in [0, 0.05) is 6.20 Å². The van der Waals surface area contributed by atoms with Crippen LogP contribution < -0.4 is 5.73 Å². The third-order valence-electron chi connectivity index (χ3n) is 2.44. The fourth-order valence-corrected chi connectivity index (χ4v) is 1.27. The molecule has 0 aliphatic rings. The Kier molecular flexibility index (Phi) is 2.69. The Balaban J connectivity index is 3.07. The zero-order chi connectivity index (χ0) is 9.14. The molecule has 0 aliphatic heterocycles. The van der Waals surface area contributed by atoms with Crippen molar-refractivity contribution in [2.45, 2.75) is 33.1 Å². The molecule has 0 fully saturated rings. The highest BCUT2D eigenvalue weighted by atomic mass is 14.7. The van der Waals surface area contributed by atoms with Gasteiger partial charge in [-0.1, -0.05) is 13.8 Å². The number of hydrogen-bond acceptors (Lipinski definition) is 2. The van der Waals surface area contributed by atoms with Gasteiger partial charge in [-0.2, -0.15) is 0 Å². The normalized spacial score (nSPS) is 12.9. The van der Waals surface area contributed by atoms with Gasteiger partial charge in [0.2, 0.25) is 0 Å². The van der Waals surface area contributed by atoms with Crippen LogP contribution >= 0.6 is 0 Å². The monoisotopic (exact) mass is 164 g/mol. The predicted octanol–water partition coefficient (Wildman–Crippen LogP) is 2.49. The van der Waals surface area contributed by atoms with Gasteiger partial charge in [0.05, 0.1) is 11.9 Å².